The number of halogens is 1. The minimum Gasteiger partial charge on any atom is -0.489 e. The van der Waals surface area contributed by atoms with Gasteiger partial charge in [-0.15, -0.1) is 0 Å². The maximum absolute atomic E-state index is 14.1. The smallest absolute Gasteiger partial charge is 0.241 e. The van der Waals surface area contributed by atoms with E-state index < -0.39 is 17.6 Å². The second-order valence-electron chi connectivity index (χ2n) is 5.80. The van der Waals surface area contributed by atoms with Gasteiger partial charge in [-0.05, 0) is 61.4 Å². The fraction of sp³-hybridized carbons (Fsp3) is 0.263. The molecular formula is C19H21FN2O2. The van der Waals surface area contributed by atoms with Crippen LogP contribution in [0.4, 0.5) is 4.39 Å². The Balaban J connectivity index is 1.95. The number of carbonyl (C=O) groups excluding carboxylic acids is 1. The Morgan fingerprint density at radius 1 is 1.38 bits per heavy atom. The van der Waals surface area contributed by atoms with Crippen molar-refractivity contribution in [1.29, 1.82) is 0 Å². The molecule has 0 fully saturated rings. The van der Waals surface area contributed by atoms with E-state index in [4.69, 9.17) is 10.5 Å². The molecule has 1 amide bonds. The molecule has 2 rings (SSSR count). The first-order valence-corrected chi connectivity index (χ1v) is 7.68. The van der Waals surface area contributed by atoms with Crippen LogP contribution in [0.5, 0.6) is 5.75 Å². The van der Waals surface area contributed by atoms with Crippen LogP contribution >= 0.6 is 0 Å². The average Bonchev–Trinajstić information content (AvgIpc) is 2.71. The summed E-state index contributed by atoms with van der Waals surface area (Å²) in [6, 6.07) is 6.68. The number of ether oxygens (including phenoxy) is 1. The third-order valence-electron chi connectivity index (χ3n) is 3.46. The Bertz CT molecular complexity index is 701. The summed E-state index contributed by atoms with van der Waals surface area (Å²) in [5.74, 6) is 0.201. The molecule has 2 atom stereocenters. The van der Waals surface area contributed by atoms with Gasteiger partial charge in [-0.1, -0.05) is 18.2 Å². The van der Waals surface area contributed by atoms with Gasteiger partial charge < -0.3 is 10.5 Å². The lowest BCUT2D eigenvalue weighted by atomic mass is 10.1. The van der Waals surface area contributed by atoms with Gasteiger partial charge in [0.25, 0.3) is 0 Å². The molecule has 1 aromatic rings. The van der Waals surface area contributed by atoms with Gasteiger partial charge >= 0.3 is 0 Å². The summed E-state index contributed by atoms with van der Waals surface area (Å²) in [7, 11) is 0. The van der Waals surface area contributed by atoms with Crippen LogP contribution in [-0.2, 0) is 4.79 Å². The van der Waals surface area contributed by atoms with Crippen LogP contribution in [0.3, 0.4) is 0 Å². The zero-order chi connectivity index (χ0) is 17.6. The van der Waals surface area contributed by atoms with Gasteiger partial charge in [0.15, 0.2) is 0 Å². The van der Waals surface area contributed by atoms with Gasteiger partial charge in [-0.25, -0.2) is 4.39 Å². The molecule has 126 valence electrons. The van der Waals surface area contributed by atoms with Crippen LogP contribution in [0.1, 0.15) is 19.4 Å². The zero-order valence-corrected chi connectivity index (χ0v) is 13.8. The van der Waals surface area contributed by atoms with Gasteiger partial charge in [0, 0.05) is 6.21 Å². The quantitative estimate of drug-likeness (QED) is 0.815. The fourth-order valence-electron chi connectivity index (χ4n) is 2.06. The summed E-state index contributed by atoms with van der Waals surface area (Å²) in [6.45, 7) is 3.42. The highest BCUT2D eigenvalue weighted by molar-refractivity contribution is 5.85. The number of aliphatic imine (C=N–C) groups is 1. The first-order valence-electron chi connectivity index (χ1n) is 7.68. The van der Waals surface area contributed by atoms with E-state index in [1.54, 1.807) is 43.5 Å². The molecule has 1 aromatic carbocycles. The van der Waals surface area contributed by atoms with E-state index in [1.165, 1.54) is 13.0 Å². The van der Waals surface area contributed by atoms with Crippen LogP contribution in [0.25, 0.3) is 0 Å². The lowest BCUT2D eigenvalue weighted by molar-refractivity contribution is -0.118. The molecule has 4 nitrogen and oxygen atoms in total. The van der Waals surface area contributed by atoms with Crippen molar-refractivity contribution in [1.82, 2.24) is 0 Å². The number of nitrogens with two attached hydrogens (primary N) is 1. The molecule has 1 aliphatic carbocycles. The Morgan fingerprint density at radius 3 is 2.75 bits per heavy atom. The average molecular weight is 328 g/mol. The van der Waals surface area contributed by atoms with Gasteiger partial charge in [0.05, 0.1) is 0 Å². The highest BCUT2D eigenvalue weighted by Gasteiger charge is 2.17. The van der Waals surface area contributed by atoms with E-state index in [-0.39, 0.29) is 6.61 Å². The normalized spacial score (nSPS) is 21.4. The molecular weight excluding hydrogens is 307 g/mol. The third kappa shape index (κ3) is 5.50. The summed E-state index contributed by atoms with van der Waals surface area (Å²) in [5.41, 5.74) is 5.28. The Labute approximate surface area is 141 Å². The maximum atomic E-state index is 14.1. The van der Waals surface area contributed by atoms with E-state index in [0.717, 1.165) is 11.1 Å². The number of carbonyl (C=O) groups is 1. The van der Waals surface area contributed by atoms with Crippen molar-refractivity contribution in [3.63, 3.8) is 0 Å². The molecule has 0 saturated heterocycles. The van der Waals surface area contributed by atoms with E-state index in [9.17, 15) is 9.18 Å². The number of primary amides is 1. The number of benzene rings is 1. The molecule has 5 heteroatoms. The van der Waals surface area contributed by atoms with Crippen molar-refractivity contribution in [3.8, 4) is 5.75 Å². The first kappa shape index (κ1) is 17.7. The Hall–Kier alpha value is -2.69. The molecule has 24 heavy (non-hydrogen) atoms. The molecule has 0 bridgehead atoms. The Morgan fingerprint density at radius 2 is 2.08 bits per heavy atom. The standard InChI is InChI=1S/C19H21FN2O2/c1-14(18(21)23)22-12-15-6-8-17(9-7-15)24-13-16-5-3-4-10-19(2,20)11-16/h3-12,14H,13H2,1-2H3,(H2,21,23)/t14-,19-/m0/s1. The number of rotatable bonds is 6. The van der Waals surface area contributed by atoms with Crippen LogP contribution in [0.15, 0.2) is 65.2 Å². The molecule has 0 radical (unpaired) electrons. The molecule has 0 aliphatic heterocycles. The zero-order valence-electron chi connectivity index (χ0n) is 13.8. The van der Waals surface area contributed by atoms with Gasteiger partial charge in [-0.3, -0.25) is 9.79 Å². The molecule has 0 aromatic heterocycles. The molecule has 0 unspecified atom stereocenters. The van der Waals surface area contributed by atoms with E-state index in [2.05, 4.69) is 4.99 Å². The number of nitrogens with zero attached hydrogens (tertiary/aromatic N) is 1. The lowest BCUT2D eigenvalue weighted by Gasteiger charge is -2.12. The molecule has 1 aliphatic rings. The minimum atomic E-state index is -1.47. The van der Waals surface area contributed by atoms with Crippen molar-refractivity contribution in [3.05, 3.63) is 65.8 Å². The highest BCUT2D eigenvalue weighted by Crippen LogP contribution is 2.21. The predicted molar refractivity (Wildman–Crippen MR) is 94.1 cm³/mol. The van der Waals surface area contributed by atoms with E-state index in [0.29, 0.717) is 5.75 Å². The summed E-state index contributed by atoms with van der Waals surface area (Å²) in [5, 5.41) is 0. The third-order valence-corrected chi connectivity index (χ3v) is 3.46. The summed E-state index contributed by atoms with van der Waals surface area (Å²) >= 11 is 0. The minimum absolute atomic E-state index is 0.282. The van der Waals surface area contributed by atoms with E-state index in [1.807, 2.05) is 18.2 Å². The van der Waals surface area contributed by atoms with Crippen LogP contribution in [0.2, 0.25) is 0 Å². The Kier molecular flexibility index (Phi) is 5.68. The number of hydrogen-bond donors (Lipinski definition) is 1. The van der Waals surface area contributed by atoms with Crippen LogP contribution < -0.4 is 10.5 Å². The molecule has 0 heterocycles. The SMILES string of the molecule is C[C@H](N=Cc1ccc(OCC2=C[C@@](C)(F)C=CC=C2)cc1)C(N)=O. The van der Waals surface area contributed by atoms with Crippen molar-refractivity contribution in [2.45, 2.75) is 25.6 Å². The molecule has 0 saturated carbocycles. The van der Waals surface area contributed by atoms with Gasteiger partial charge in [0.1, 0.15) is 24.1 Å². The molecule has 0 spiro atoms. The topological polar surface area (TPSA) is 64.7 Å². The second kappa shape index (κ2) is 7.73. The molecule has 2 N–H and O–H groups in total. The van der Waals surface area contributed by atoms with Crippen molar-refractivity contribution in [2.24, 2.45) is 10.7 Å². The van der Waals surface area contributed by atoms with Crippen molar-refractivity contribution >= 4 is 12.1 Å². The van der Waals surface area contributed by atoms with Crippen LogP contribution in [0, 0.1) is 0 Å². The number of allylic oxidation sites excluding steroid dienone is 4. The van der Waals surface area contributed by atoms with Gasteiger partial charge in [0.2, 0.25) is 5.91 Å². The summed E-state index contributed by atoms with van der Waals surface area (Å²) in [6.07, 6.45) is 9.94. The second-order valence-corrected chi connectivity index (χ2v) is 5.80. The lowest BCUT2D eigenvalue weighted by Crippen LogP contribution is -2.23. The van der Waals surface area contributed by atoms with E-state index >= 15 is 0 Å². The predicted octanol–water partition coefficient (Wildman–Crippen LogP) is 3.14. The monoisotopic (exact) mass is 328 g/mol. The fourth-order valence-corrected chi connectivity index (χ4v) is 2.06. The number of alkyl halides is 1. The van der Waals surface area contributed by atoms with Crippen molar-refractivity contribution in [2.75, 3.05) is 6.61 Å². The highest BCUT2D eigenvalue weighted by atomic mass is 19.1. The summed E-state index contributed by atoms with van der Waals surface area (Å²) < 4.78 is 19.7. The van der Waals surface area contributed by atoms with Gasteiger partial charge in [-0.2, -0.15) is 0 Å². The number of amides is 1. The van der Waals surface area contributed by atoms with Crippen LogP contribution in [-0.4, -0.2) is 30.4 Å². The maximum Gasteiger partial charge on any atom is 0.241 e. The largest absolute Gasteiger partial charge is 0.489 e. The summed E-state index contributed by atoms with van der Waals surface area (Å²) in [4.78, 5) is 15.0. The first-order chi connectivity index (χ1) is 11.4. The van der Waals surface area contributed by atoms with Crippen molar-refractivity contribution < 1.29 is 13.9 Å². The number of hydrogen-bond acceptors (Lipinski definition) is 3.